The molecule has 1 rings (SSSR count). The quantitative estimate of drug-likeness (QED) is 0.715. The summed E-state index contributed by atoms with van der Waals surface area (Å²) in [7, 11) is 0. The molecular weight excluding hydrogens is 215 g/mol. The normalized spacial score (nSPS) is 21.0. The van der Waals surface area contributed by atoms with Crippen molar-refractivity contribution >= 4 is 0 Å². The third-order valence-corrected chi connectivity index (χ3v) is 3.46. The number of hydrogen-bond acceptors (Lipinski definition) is 1. The lowest BCUT2D eigenvalue weighted by Gasteiger charge is -2.28. The zero-order valence-electron chi connectivity index (χ0n) is 9.95. The van der Waals surface area contributed by atoms with Crippen LogP contribution in [0.25, 0.3) is 0 Å². The average molecular weight is 237 g/mol. The predicted molar refractivity (Wildman–Crippen MR) is 59.3 cm³/mol. The first-order chi connectivity index (χ1) is 7.49. The van der Waals surface area contributed by atoms with Gasteiger partial charge in [0, 0.05) is 12.5 Å². The molecule has 0 saturated heterocycles. The Labute approximate surface area is 95.8 Å². The third-order valence-electron chi connectivity index (χ3n) is 3.46. The van der Waals surface area contributed by atoms with Crippen molar-refractivity contribution in [1.29, 1.82) is 0 Å². The van der Waals surface area contributed by atoms with Crippen molar-refractivity contribution in [3.8, 4) is 0 Å². The van der Waals surface area contributed by atoms with Crippen molar-refractivity contribution < 1.29 is 13.2 Å². The van der Waals surface area contributed by atoms with Crippen LogP contribution < -0.4 is 5.32 Å². The molecule has 0 spiro atoms. The van der Waals surface area contributed by atoms with Crippen molar-refractivity contribution in [3.05, 3.63) is 0 Å². The lowest BCUT2D eigenvalue weighted by molar-refractivity contribution is -0.135. The summed E-state index contributed by atoms with van der Waals surface area (Å²) < 4.78 is 35.7. The second-order valence-electron chi connectivity index (χ2n) is 4.86. The number of rotatable bonds is 5. The molecule has 0 aliphatic heterocycles. The molecule has 0 radical (unpaired) electrons. The molecule has 1 nitrogen and oxygen atoms in total. The van der Waals surface area contributed by atoms with Crippen molar-refractivity contribution in [2.24, 2.45) is 5.92 Å². The molecule has 16 heavy (non-hydrogen) atoms. The van der Waals surface area contributed by atoms with Crippen LogP contribution in [0.15, 0.2) is 0 Å². The number of hydrogen-bond donors (Lipinski definition) is 1. The Kier molecular flexibility index (Phi) is 5.59. The highest BCUT2D eigenvalue weighted by molar-refractivity contribution is 4.75. The fourth-order valence-corrected chi connectivity index (χ4v) is 2.42. The van der Waals surface area contributed by atoms with Gasteiger partial charge in [-0.2, -0.15) is 13.2 Å². The SMILES string of the molecule is C[C@H](NCCCC(F)(F)F)C1CCCCC1. The summed E-state index contributed by atoms with van der Waals surface area (Å²) >= 11 is 0. The largest absolute Gasteiger partial charge is 0.389 e. The van der Waals surface area contributed by atoms with E-state index in [9.17, 15) is 13.2 Å². The molecule has 1 N–H and O–H groups in total. The zero-order chi connectivity index (χ0) is 12.0. The summed E-state index contributed by atoms with van der Waals surface area (Å²) in [5.74, 6) is 0.666. The van der Waals surface area contributed by atoms with Gasteiger partial charge in [0.05, 0.1) is 0 Å². The molecule has 96 valence electrons. The molecule has 0 aromatic rings. The lowest BCUT2D eigenvalue weighted by atomic mass is 9.84. The Morgan fingerprint density at radius 2 is 1.81 bits per heavy atom. The summed E-state index contributed by atoms with van der Waals surface area (Å²) in [6, 6.07) is 0.369. The summed E-state index contributed by atoms with van der Waals surface area (Å²) in [5, 5.41) is 3.22. The van der Waals surface area contributed by atoms with E-state index in [0.29, 0.717) is 18.5 Å². The Morgan fingerprint density at radius 1 is 1.19 bits per heavy atom. The van der Waals surface area contributed by atoms with E-state index < -0.39 is 12.6 Å². The minimum absolute atomic E-state index is 0.195. The first-order valence-corrected chi connectivity index (χ1v) is 6.29. The molecule has 1 aliphatic rings. The number of alkyl halides is 3. The van der Waals surface area contributed by atoms with Gasteiger partial charge in [0.1, 0.15) is 0 Å². The van der Waals surface area contributed by atoms with Crippen LogP contribution in [0.2, 0.25) is 0 Å². The van der Waals surface area contributed by atoms with E-state index in [1.165, 1.54) is 32.1 Å². The highest BCUT2D eigenvalue weighted by Gasteiger charge is 2.26. The van der Waals surface area contributed by atoms with Gasteiger partial charge >= 0.3 is 6.18 Å². The Bertz CT molecular complexity index is 185. The van der Waals surface area contributed by atoms with E-state index in [4.69, 9.17) is 0 Å². The predicted octanol–water partition coefficient (Wildman–Crippen LogP) is 3.89. The molecule has 1 fully saturated rings. The molecule has 4 heteroatoms. The van der Waals surface area contributed by atoms with Crippen molar-refractivity contribution in [3.63, 3.8) is 0 Å². The highest BCUT2D eigenvalue weighted by atomic mass is 19.4. The molecule has 1 aliphatic carbocycles. The fraction of sp³-hybridized carbons (Fsp3) is 1.00. The third kappa shape index (κ3) is 5.73. The summed E-state index contributed by atoms with van der Waals surface area (Å²) in [5.41, 5.74) is 0. The Hall–Kier alpha value is -0.250. The van der Waals surface area contributed by atoms with Crippen LogP contribution >= 0.6 is 0 Å². The first-order valence-electron chi connectivity index (χ1n) is 6.29. The van der Waals surface area contributed by atoms with E-state index in [0.717, 1.165) is 0 Å². The van der Waals surface area contributed by atoms with E-state index in [2.05, 4.69) is 12.2 Å². The van der Waals surface area contributed by atoms with Gasteiger partial charge in [0.15, 0.2) is 0 Å². The van der Waals surface area contributed by atoms with Gasteiger partial charge in [0.2, 0.25) is 0 Å². The van der Waals surface area contributed by atoms with Gasteiger partial charge in [0.25, 0.3) is 0 Å². The summed E-state index contributed by atoms with van der Waals surface area (Å²) in [6.07, 6.45) is 1.85. The van der Waals surface area contributed by atoms with E-state index >= 15 is 0 Å². The summed E-state index contributed by atoms with van der Waals surface area (Å²) in [4.78, 5) is 0. The molecule has 0 bridgehead atoms. The van der Waals surface area contributed by atoms with Crippen LogP contribution in [0.3, 0.4) is 0 Å². The monoisotopic (exact) mass is 237 g/mol. The minimum Gasteiger partial charge on any atom is -0.314 e. The fourth-order valence-electron chi connectivity index (χ4n) is 2.42. The molecule has 0 aromatic heterocycles. The lowest BCUT2D eigenvalue weighted by Crippen LogP contribution is -2.35. The average Bonchev–Trinajstić information content (AvgIpc) is 2.24. The van der Waals surface area contributed by atoms with Crippen LogP contribution in [0.1, 0.15) is 51.9 Å². The van der Waals surface area contributed by atoms with Gasteiger partial charge in [-0.1, -0.05) is 19.3 Å². The highest BCUT2D eigenvalue weighted by Crippen LogP contribution is 2.26. The minimum atomic E-state index is -4.00. The standard InChI is InChI=1S/C12H22F3N/c1-10(11-6-3-2-4-7-11)16-9-5-8-12(13,14)15/h10-11,16H,2-9H2,1H3/t10-/m0/s1. The summed E-state index contributed by atoms with van der Waals surface area (Å²) in [6.45, 7) is 2.58. The van der Waals surface area contributed by atoms with Crippen LogP contribution in [0.4, 0.5) is 13.2 Å². The van der Waals surface area contributed by atoms with Crippen LogP contribution in [-0.2, 0) is 0 Å². The molecule has 0 unspecified atom stereocenters. The molecule has 1 saturated carbocycles. The van der Waals surface area contributed by atoms with E-state index in [-0.39, 0.29) is 6.42 Å². The molecule has 1 atom stereocenters. The molecular formula is C12H22F3N. The topological polar surface area (TPSA) is 12.0 Å². The second kappa shape index (κ2) is 6.48. The smallest absolute Gasteiger partial charge is 0.314 e. The van der Waals surface area contributed by atoms with Gasteiger partial charge in [-0.05, 0) is 38.6 Å². The van der Waals surface area contributed by atoms with Gasteiger partial charge in [-0.3, -0.25) is 0 Å². The van der Waals surface area contributed by atoms with Crippen LogP contribution in [0, 0.1) is 5.92 Å². The van der Waals surface area contributed by atoms with Gasteiger partial charge < -0.3 is 5.32 Å². The van der Waals surface area contributed by atoms with Crippen LogP contribution in [0.5, 0.6) is 0 Å². The zero-order valence-corrected chi connectivity index (χ0v) is 9.95. The van der Waals surface area contributed by atoms with E-state index in [1.807, 2.05) is 0 Å². The maximum atomic E-state index is 11.9. The number of halogens is 3. The first kappa shape index (κ1) is 13.8. The second-order valence-corrected chi connectivity index (χ2v) is 4.86. The van der Waals surface area contributed by atoms with Crippen molar-refractivity contribution in [1.82, 2.24) is 5.32 Å². The number of nitrogens with one attached hydrogen (secondary N) is 1. The van der Waals surface area contributed by atoms with Gasteiger partial charge in [-0.25, -0.2) is 0 Å². The Morgan fingerprint density at radius 3 is 2.38 bits per heavy atom. The maximum absolute atomic E-state index is 11.9. The van der Waals surface area contributed by atoms with Crippen LogP contribution in [-0.4, -0.2) is 18.8 Å². The van der Waals surface area contributed by atoms with Gasteiger partial charge in [-0.15, -0.1) is 0 Å². The molecule has 0 amide bonds. The Balaban J connectivity index is 2.07. The maximum Gasteiger partial charge on any atom is 0.389 e. The molecule has 0 aromatic carbocycles. The van der Waals surface area contributed by atoms with Crippen molar-refractivity contribution in [2.45, 2.75) is 64.1 Å². The van der Waals surface area contributed by atoms with Crippen molar-refractivity contribution in [2.75, 3.05) is 6.54 Å². The van der Waals surface area contributed by atoms with E-state index in [1.54, 1.807) is 0 Å². The molecule has 0 heterocycles.